The van der Waals surface area contributed by atoms with Crippen LogP contribution in [0, 0.1) is 12.7 Å². The van der Waals surface area contributed by atoms with Crippen LogP contribution >= 0.6 is 0 Å². The van der Waals surface area contributed by atoms with E-state index in [9.17, 15) is 30.4 Å². The number of halogens is 5. The molecular weight excluding hydrogens is 319 g/mol. The Morgan fingerprint density at radius 1 is 1.29 bits per heavy atom. The summed E-state index contributed by atoms with van der Waals surface area (Å²) in [6.07, 6.45) is -1.08. The zero-order valence-corrected chi connectivity index (χ0v) is 11.4. The van der Waals surface area contributed by atoms with Crippen LogP contribution in [0.5, 0.6) is 0 Å². The first-order valence-electron chi connectivity index (χ1n) is 5.68. The molecule has 0 amide bonds. The van der Waals surface area contributed by atoms with Gasteiger partial charge in [0.1, 0.15) is 17.7 Å². The summed E-state index contributed by atoms with van der Waals surface area (Å²) in [6, 6.07) is 1.88. The van der Waals surface area contributed by atoms with E-state index in [-0.39, 0.29) is 23.1 Å². The summed E-state index contributed by atoms with van der Waals surface area (Å²) in [6.45, 7) is 1.35. The maximum atomic E-state index is 13.7. The van der Waals surface area contributed by atoms with Gasteiger partial charge in [-0.05, 0) is 36.3 Å². The predicted molar refractivity (Wildman–Crippen MR) is 63.6 cm³/mol. The van der Waals surface area contributed by atoms with Crippen LogP contribution in [0.1, 0.15) is 29.3 Å². The molecule has 0 heterocycles. The summed E-state index contributed by atoms with van der Waals surface area (Å²) in [4.78, 5) is 0. The molecule has 2 rings (SSSR count). The number of alkyl halides is 4. The van der Waals surface area contributed by atoms with Crippen LogP contribution < -0.4 is 0 Å². The Bertz CT molecular complexity index is 706. The fraction of sp³-hybridized carbons (Fsp3) is 0.333. The van der Waals surface area contributed by atoms with Crippen LogP contribution in [-0.4, -0.2) is 13.9 Å². The van der Waals surface area contributed by atoms with Crippen LogP contribution in [0.4, 0.5) is 22.0 Å². The number of aryl methyl sites for hydroxylation is 1. The second kappa shape index (κ2) is 4.97. The minimum absolute atomic E-state index is 0.0938. The number of hydrogen-bond acceptors (Lipinski definition) is 3. The second-order valence-electron chi connectivity index (χ2n) is 4.44. The molecule has 0 N–H and O–H groups in total. The lowest BCUT2D eigenvalue weighted by Crippen LogP contribution is -2.25. The molecule has 0 radical (unpaired) electrons. The Balaban J connectivity index is 2.48. The second-order valence-corrected chi connectivity index (χ2v) is 5.98. The molecule has 0 bridgehead atoms. The molecule has 9 heteroatoms. The first-order valence-corrected chi connectivity index (χ1v) is 7.09. The van der Waals surface area contributed by atoms with E-state index in [1.165, 1.54) is 6.92 Å². The van der Waals surface area contributed by atoms with E-state index in [0.717, 1.165) is 18.2 Å². The molecule has 116 valence electrons. The summed E-state index contributed by atoms with van der Waals surface area (Å²) in [5, 5.41) is 0. The summed E-state index contributed by atoms with van der Waals surface area (Å²) in [7, 11) is -5.89. The van der Waals surface area contributed by atoms with Gasteiger partial charge in [-0.25, -0.2) is 8.78 Å². The standard InChI is InChI=1S/C12H9F5O3S/c1-6-4-7-8(5-10(6)14)11(3-2-9(7)13)20-21(18,19)12(15,16)17/h3-5,9H,2H2,1H3. The monoisotopic (exact) mass is 328 g/mol. The van der Waals surface area contributed by atoms with Crippen LogP contribution in [0.25, 0.3) is 5.76 Å². The van der Waals surface area contributed by atoms with Gasteiger partial charge in [0.25, 0.3) is 0 Å². The van der Waals surface area contributed by atoms with E-state index in [4.69, 9.17) is 0 Å². The van der Waals surface area contributed by atoms with Gasteiger partial charge in [0, 0.05) is 12.0 Å². The van der Waals surface area contributed by atoms with Gasteiger partial charge < -0.3 is 4.18 Å². The molecule has 1 atom stereocenters. The predicted octanol–water partition coefficient (Wildman–Crippen LogP) is 3.76. The van der Waals surface area contributed by atoms with Crippen molar-refractivity contribution < 1.29 is 34.6 Å². The van der Waals surface area contributed by atoms with Crippen molar-refractivity contribution in [1.82, 2.24) is 0 Å². The van der Waals surface area contributed by atoms with E-state index < -0.39 is 33.4 Å². The molecule has 0 saturated carbocycles. The first-order chi connectivity index (χ1) is 9.53. The molecule has 1 aromatic rings. The van der Waals surface area contributed by atoms with Crippen molar-refractivity contribution >= 4 is 15.9 Å². The van der Waals surface area contributed by atoms with Gasteiger partial charge in [-0.2, -0.15) is 21.6 Å². The van der Waals surface area contributed by atoms with E-state index in [1.54, 1.807) is 0 Å². The zero-order valence-electron chi connectivity index (χ0n) is 10.5. The Hall–Kier alpha value is -1.64. The zero-order chi connectivity index (χ0) is 16.0. The van der Waals surface area contributed by atoms with Crippen molar-refractivity contribution in [3.63, 3.8) is 0 Å². The molecule has 0 spiro atoms. The summed E-state index contributed by atoms with van der Waals surface area (Å²) < 4.78 is 90.1. The lowest BCUT2D eigenvalue weighted by atomic mass is 9.92. The Labute approximate surface area is 117 Å². The van der Waals surface area contributed by atoms with Crippen LogP contribution in [-0.2, 0) is 14.3 Å². The van der Waals surface area contributed by atoms with E-state index in [0.29, 0.717) is 0 Å². The lowest BCUT2D eigenvalue weighted by Gasteiger charge is -2.21. The molecular formula is C12H9F5O3S. The average molecular weight is 328 g/mol. The number of benzene rings is 1. The third-order valence-electron chi connectivity index (χ3n) is 2.93. The van der Waals surface area contributed by atoms with Crippen molar-refractivity contribution in [1.29, 1.82) is 0 Å². The maximum absolute atomic E-state index is 13.7. The van der Waals surface area contributed by atoms with Gasteiger partial charge in [0.15, 0.2) is 0 Å². The average Bonchev–Trinajstić information content (AvgIpc) is 2.34. The molecule has 0 aliphatic heterocycles. The van der Waals surface area contributed by atoms with Crippen molar-refractivity contribution in [3.8, 4) is 0 Å². The molecule has 0 fully saturated rings. The summed E-state index contributed by atoms with van der Waals surface area (Å²) >= 11 is 0. The molecule has 1 aliphatic rings. The third kappa shape index (κ3) is 2.87. The molecule has 21 heavy (non-hydrogen) atoms. The van der Waals surface area contributed by atoms with Gasteiger partial charge in [-0.15, -0.1) is 0 Å². The fourth-order valence-electron chi connectivity index (χ4n) is 1.87. The Kier molecular flexibility index (Phi) is 3.73. The van der Waals surface area contributed by atoms with Crippen molar-refractivity contribution in [2.24, 2.45) is 0 Å². The normalized spacial score (nSPS) is 19.0. The lowest BCUT2D eigenvalue weighted by molar-refractivity contribution is -0.0509. The highest BCUT2D eigenvalue weighted by Gasteiger charge is 2.49. The fourth-order valence-corrected chi connectivity index (χ4v) is 2.36. The molecule has 1 unspecified atom stereocenters. The van der Waals surface area contributed by atoms with Crippen molar-refractivity contribution in [2.75, 3.05) is 0 Å². The maximum Gasteiger partial charge on any atom is 0.534 e. The highest BCUT2D eigenvalue weighted by atomic mass is 32.2. The van der Waals surface area contributed by atoms with Crippen LogP contribution in [0.15, 0.2) is 18.2 Å². The van der Waals surface area contributed by atoms with Gasteiger partial charge in [-0.1, -0.05) is 0 Å². The number of fused-ring (bicyclic) bond motifs is 1. The third-order valence-corrected chi connectivity index (χ3v) is 3.89. The molecule has 1 aliphatic carbocycles. The highest BCUT2D eigenvalue weighted by molar-refractivity contribution is 7.87. The quantitative estimate of drug-likeness (QED) is 0.472. The Morgan fingerprint density at radius 3 is 2.48 bits per heavy atom. The van der Waals surface area contributed by atoms with Gasteiger partial charge in [0.2, 0.25) is 0 Å². The van der Waals surface area contributed by atoms with Gasteiger partial charge in [-0.3, -0.25) is 0 Å². The number of hydrogen-bond donors (Lipinski definition) is 0. The molecule has 3 nitrogen and oxygen atoms in total. The minimum Gasteiger partial charge on any atom is -0.376 e. The summed E-state index contributed by atoms with van der Waals surface area (Å²) in [5.41, 5.74) is -5.98. The minimum atomic E-state index is -5.89. The number of allylic oxidation sites excluding steroid dienone is 1. The van der Waals surface area contributed by atoms with Crippen LogP contribution in [0.3, 0.4) is 0 Å². The van der Waals surface area contributed by atoms with Gasteiger partial charge in [0.05, 0.1) is 0 Å². The first kappa shape index (κ1) is 15.7. The SMILES string of the molecule is Cc1cc2c(cc1F)C(OS(=O)(=O)C(F)(F)F)=CCC2F. The largest absolute Gasteiger partial charge is 0.534 e. The van der Waals surface area contributed by atoms with E-state index >= 15 is 0 Å². The number of rotatable bonds is 2. The van der Waals surface area contributed by atoms with Crippen molar-refractivity contribution in [3.05, 3.63) is 40.7 Å². The Morgan fingerprint density at radius 2 is 1.90 bits per heavy atom. The molecule has 0 saturated heterocycles. The van der Waals surface area contributed by atoms with E-state index in [2.05, 4.69) is 4.18 Å². The smallest absolute Gasteiger partial charge is 0.376 e. The summed E-state index contributed by atoms with van der Waals surface area (Å²) in [5.74, 6) is -1.53. The van der Waals surface area contributed by atoms with E-state index in [1.807, 2.05) is 0 Å². The topological polar surface area (TPSA) is 43.4 Å². The van der Waals surface area contributed by atoms with Crippen molar-refractivity contribution in [2.45, 2.75) is 25.0 Å². The van der Waals surface area contributed by atoms with Gasteiger partial charge >= 0.3 is 15.6 Å². The highest BCUT2D eigenvalue weighted by Crippen LogP contribution is 2.39. The molecule has 0 aromatic heterocycles. The molecule has 1 aromatic carbocycles. The van der Waals surface area contributed by atoms with Crippen LogP contribution in [0.2, 0.25) is 0 Å².